The number of halogens is 1. The number of ether oxygens (including phenoxy) is 1. The van der Waals surface area contributed by atoms with Gasteiger partial charge in [0.15, 0.2) is 11.6 Å². The molecule has 0 aromatic heterocycles. The van der Waals surface area contributed by atoms with Gasteiger partial charge in [0.1, 0.15) is 0 Å². The van der Waals surface area contributed by atoms with E-state index in [0.29, 0.717) is 17.7 Å². The molecule has 1 aliphatic rings. The van der Waals surface area contributed by atoms with Gasteiger partial charge in [-0.25, -0.2) is 4.39 Å². The SMILES string of the molecule is CCNC1CC(c2ccc(OC)c(F)c2)C1(CC)CC. The second-order valence-corrected chi connectivity index (χ2v) is 5.73. The monoisotopic (exact) mass is 279 g/mol. The van der Waals surface area contributed by atoms with E-state index >= 15 is 0 Å². The van der Waals surface area contributed by atoms with Crippen molar-refractivity contribution < 1.29 is 9.13 Å². The van der Waals surface area contributed by atoms with Crippen LogP contribution in [0.5, 0.6) is 5.75 Å². The van der Waals surface area contributed by atoms with Gasteiger partial charge in [-0.05, 0) is 54.8 Å². The lowest BCUT2D eigenvalue weighted by Gasteiger charge is -2.56. The minimum Gasteiger partial charge on any atom is -0.494 e. The fourth-order valence-electron chi connectivity index (χ4n) is 3.92. The molecule has 2 atom stereocenters. The average Bonchev–Trinajstić information content (AvgIpc) is 2.44. The highest BCUT2D eigenvalue weighted by atomic mass is 19.1. The van der Waals surface area contributed by atoms with Crippen molar-refractivity contribution in [3.63, 3.8) is 0 Å². The maximum Gasteiger partial charge on any atom is 0.165 e. The number of benzene rings is 1. The van der Waals surface area contributed by atoms with Crippen LogP contribution in [0.1, 0.15) is 51.5 Å². The van der Waals surface area contributed by atoms with Crippen LogP contribution in [0.15, 0.2) is 18.2 Å². The van der Waals surface area contributed by atoms with Crippen molar-refractivity contribution in [2.75, 3.05) is 13.7 Å². The van der Waals surface area contributed by atoms with Gasteiger partial charge in [-0.1, -0.05) is 26.8 Å². The molecule has 1 aromatic rings. The molecule has 112 valence electrons. The zero-order chi connectivity index (χ0) is 14.8. The minimum atomic E-state index is -0.252. The second-order valence-electron chi connectivity index (χ2n) is 5.73. The summed E-state index contributed by atoms with van der Waals surface area (Å²) >= 11 is 0. The lowest BCUT2D eigenvalue weighted by atomic mass is 9.52. The number of nitrogens with one attached hydrogen (secondary N) is 1. The first kappa shape index (κ1) is 15.3. The Kier molecular flexibility index (Phi) is 4.69. The van der Waals surface area contributed by atoms with Crippen molar-refractivity contribution in [3.8, 4) is 5.75 Å². The molecule has 2 nitrogen and oxygen atoms in total. The van der Waals surface area contributed by atoms with Gasteiger partial charge in [0.25, 0.3) is 0 Å². The molecule has 2 rings (SSSR count). The summed E-state index contributed by atoms with van der Waals surface area (Å²) in [6, 6.07) is 5.99. The summed E-state index contributed by atoms with van der Waals surface area (Å²) in [4.78, 5) is 0. The van der Waals surface area contributed by atoms with E-state index in [1.54, 1.807) is 12.1 Å². The van der Waals surface area contributed by atoms with Crippen molar-refractivity contribution in [3.05, 3.63) is 29.6 Å². The third kappa shape index (κ3) is 2.32. The summed E-state index contributed by atoms with van der Waals surface area (Å²) in [6.45, 7) is 7.65. The number of hydrogen-bond acceptors (Lipinski definition) is 2. The molecular formula is C17H26FNO. The molecule has 3 heteroatoms. The lowest BCUT2D eigenvalue weighted by molar-refractivity contribution is 0.0208. The van der Waals surface area contributed by atoms with Crippen LogP contribution in [-0.4, -0.2) is 19.7 Å². The van der Waals surface area contributed by atoms with Gasteiger partial charge >= 0.3 is 0 Å². The van der Waals surface area contributed by atoms with Gasteiger partial charge in [0.2, 0.25) is 0 Å². The van der Waals surface area contributed by atoms with Gasteiger partial charge in [0, 0.05) is 6.04 Å². The predicted octanol–water partition coefficient (Wildman–Crippen LogP) is 4.11. The first-order valence-electron chi connectivity index (χ1n) is 7.69. The van der Waals surface area contributed by atoms with Crippen molar-refractivity contribution in [2.24, 2.45) is 5.41 Å². The topological polar surface area (TPSA) is 21.3 Å². The Bertz CT molecular complexity index is 456. The molecule has 1 saturated carbocycles. The van der Waals surface area contributed by atoms with E-state index in [2.05, 4.69) is 26.1 Å². The van der Waals surface area contributed by atoms with Crippen LogP contribution in [0.2, 0.25) is 0 Å². The van der Waals surface area contributed by atoms with E-state index in [4.69, 9.17) is 4.74 Å². The molecule has 0 heterocycles. The van der Waals surface area contributed by atoms with Gasteiger partial charge in [-0.15, -0.1) is 0 Å². The third-order valence-electron chi connectivity index (χ3n) is 5.20. The fourth-order valence-corrected chi connectivity index (χ4v) is 3.92. The molecule has 1 aliphatic carbocycles. The molecule has 1 aromatic carbocycles. The van der Waals surface area contributed by atoms with Crippen LogP contribution in [0.25, 0.3) is 0 Å². The Morgan fingerprint density at radius 3 is 2.50 bits per heavy atom. The summed E-state index contributed by atoms with van der Waals surface area (Å²) in [6.07, 6.45) is 3.35. The van der Waals surface area contributed by atoms with Crippen LogP contribution < -0.4 is 10.1 Å². The Morgan fingerprint density at radius 1 is 1.30 bits per heavy atom. The molecule has 0 aliphatic heterocycles. The molecular weight excluding hydrogens is 253 g/mol. The highest BCUT2D eigenvalue weighted by Gasteiger charge is 2.52. The zero-order valence-corrected chi connectivity index (χ0v) is 13.0. The molecule has 20 heavy (non-hydrogen) atoms. The van der Waals surface area contributed by atoms with E-state index in [0.717, 1.165) is 31.4 Å². The van der Waals surface area contributed by atoms with Crippen LogP contribution >= 0.6 is 0 Å². The van der Waals surface area contributed by atoms with Gasteiger partial charge < -0.3 is 10.1 Å². The van der Waals surface area contributed by atoms with Crippen molar-refractivity contribution in [1.29, 1.82) is 0 Å². The first-order valence-corrected chi connectivity index (χ1v) is 7.69. The van der Waals surface area contributed by atoms with E-state index < -0.39 is 0 Å². The quantitative estimate of drug-likeness (QED) is 0.846. The highest BCUT2D eigenvalue weighted by molar-refractivity contribution is 5.35. The zero-order valence-electron chi connectivity index (χ0n) is 13.0. The Labute approximate surface area is 121 Å². The van der Waals surface area contributed by atoms with E-state index in [1.165, 1.54) is 7.11 Å². The lowest BCUT2D eigenvalue weighted by Crippen LogP contribution is -2.58. The molecule has 0 saturated heterocycles. The molecule has 0 amide bonds. The second kappa shape index (κ2) is 6.13. The molecule has 0 spiro atoms. The highest BCUT2D eigenvalue weighted by Crippen LogP contribution is 2.57. The van der Waals surface area contributed by atoms with Gasteiger partial charge in [0.05, 0.1) is 7.11 Å². The van der Waals surface area contributed by atoms with Crippen LogP contribution in [-0.2, 0) is 0 Å². The van der Waals surface area contributed by atoms with E-state index in [9.17, 15) is 4.39 Å². The summed E-state index contributed by atoms with van der Waals surface area (Å²) in [5, 5.41) is 3.59. The summed E-state index contributed by atoms with van der Waals surface area (Å²) in [5.74, 6) is 0.523. The minimum absolute atomic E-state index is 0.252. The van der Waals surface area contributed by atoms with Crippen molar-refractivity contribution in [1.82, 2.24) is 5.32 Å². The normalized spacial score (nSPS) is 24.2. The first-order chi connectivity index (χ1) is 9.62. The molecule has 1 N–H and O–H groups in total. The van der Waals surface area contributed by atoms with E-state index in [1.807, 2.05) is 6.07 Å². The number of methoxy groups -OCH3 is 1. The Balaban J connectivity index is 2.26. The molecule has 1 fully saturated rings. The Hall–Kier alpha value is -1.09. The third-order valence-corrected chi connectivity index (χ3v) is 5.20. The largest absolute Gasteiger partial charge is 0.494 e. The molecule has 0 bridgehead atoms. The van der Waals surface area contributed by atoms with Crippen LogP contribution in [0.3, 0.4) is 0 Å². The summed E-state index contributed by atoms with van der Waals surface area (Å²) in [7, 11) is 1.50. The number of rotatable bonds is 6. The average molecular weight is 279 g/mol. The van der Waals surface area contributed by atoms with Crippen LogP contribution in [0, 0.1) is 11.2 Å². The van der Waals surface area contributed by atoms with Crippen LogP contribution in [0.4, 0.5) is 4.39 Å². The van der Waals surface area contributed by atoms with E-state index in [-0.39, 0.29) is 11.2 Å². The summed E-state index contributed by atoms with van der Waals surface area (Å²) < 4.78 is 18.9. The van der Waals surface area contributed by atoms with Gasteiger partial charge in [-0.3, -0.25) is 0 Å². The summed E-state index contributed by atoms with van der Waals surface area (Å²) in [5.41, 5.74) is 1.37. The maximum atomic E-state index is 13.9. The fraction of sp³-hybridized carbons (Fsp3) is 0.647. The molecule has 2 unspecified atom stereocenters. The Morgan fingerprint density at radius 2 is 2.00 bits per heavy atom. The standard InChI is InChI=1S/C17H26FNO/c1-5-17(6-2)13(11-16(17)19-7-3)12-8-9-15(20-4)14(18)10-12/h8-10,13,16,19H,5-7,11H2,1-4H3. The van der Waals surface area contributed by atoms with Gasteiger partial charge in [-0.2, -0.15) is 0 Å². The predicted molar refractivity (Wildman–Crippen MR) is 80.8 cm³/mol. The number of hydrogen-bond donors (Lipinski definition) is 1. The maximum absolute atomic E-state index is 13.9. The van der Waals surface area contributed by atoms with Crippen molar-refractivity contribution >= 4 is 0 Å². The van der Waals surface area contributed by atoms with Crippen molar-refractivity contribution in [2.45, 2.75) is 52.0 Å². The smallest absolute Gasteiger partial charge is 0.165 e. The molecule has 0 radical (unpaired) electrons.